The van der Waals surface area contributed by atoms with Crippen LogP contribution in [0.5, 0.6) is 0 Å². The summed E-state index contributed by atoms with van der Waals surface area (Å²) >= 11 is 0. The summed E-state index contributed by atoms with van der Waals surface area (Å²) in [5, 5.41) is 11.5. The molecule has 0 bridgehead atoms. The summed E-state index contributed by atoms with van der Waals surface area (Å²) in [4.78, 5) is 17.0. The third-order valence-corrected chi connectivity index (χ3v) is 4.91. The van der Waals surface area contributed by atoms with Crippen molar-refractivity contribution >= 4 is 17.5 Å². The molecule has 0 spiro atoms. The summed E-state index contributed by atoms with van der Waals surface area (Å²) in [6.07, 6.45) is 6.15. The lowest BCUT2D eigenvalue weighted by Gasteiger charge is -2.12. The maximum Gasteiger partial charge on any atom is 0.255 e. The number of amides is 1. The summed E-state index contributed by atoms with van der Waals surface area (Å²) in [7, 11) is 0. The molecule has 30 heavy (non-hydrogen) atoms. The van der Waals surface area contributed by atoms with Gasteiger partial charge >= 0.3 is 0 Å². The predicted molar refractivity (Wildman–Crippen MR) is 111 cm³/mol. The van der Waals surface area contributed by atoms with Crippen LogP contribution in [0.1, 0.15) is 36.2 Å². The second kappa shape index (κ2) is 7.94. The Morgan fingerprint density at radius 3 is 2.73 bits per heavy atom. The molecule has 154 valence electrons. The van der Waals surface area contributed by atoms with E-state index < -0.39 is 0 Å². The lowest BCUT2D eigenvalue weighted by molar-refractivity contribution is 0.0940. The summed E-state index contributed by atoms with van der Waals surface area (Å²) < 4.78 is 16.4. The first-order valence-corrected chi connectivity index (χ1v) is 9.67. The zero-order chi connectivity index (χ0) is 21.3. The van der Waals surface area contributed by atoms with Crippen molar-refractivity contribution < 1.29 is 9.18 Å². The predicted octanol–water partition coefficient (Wildman–Crippen LogP) is 2.89. The van der Waals surface area contributed by atoms with E-state index in [0.717, 1.165) is 23.1 Å². The molecule has 0 aliphatic carbocycles. The lowest BCUT2D eigenvalue weighted by Crippen LogP contribution is -2.32. The molecule has 0 saturated heterocycles. The van der Waals surface area contributed by atoms with Gasteiger partial charge in [-0.1, -0.05) is 19.1 Å². The van der Waals surface area contributed by atoms with Gasteiger partial charge in [0.15, 0.2) is 5.65 Å². The third kappa shape index (κ3) is 4.00. The number of rotatable bonds is 6. The van der Waals surface area contributed by atoms with Crippen molar-refractivity contribution in [2.45, 2.75) is 32.9 Å². The molecule has 0 aliphatic rings. The molecule has 1 amide bonds. The van der Waals surface area contributed by atoms with Crippen LogP contribution in [-0.2, 0) is 6.54 Å². The molecule has 3 N–H and O–H groups in total. The Bertz CT molecular complexity index is 1200. The highest BCUT2D eigenvalue weighted by Crippen LogP contribution is 2.23. The van der Waals surface area contributed by atoms with E-state index in [-0.39, 0.29) is 23.7 Å². The van der Waals surface area contributed by atoms with Crippen molar-refractivity contribution in [1.82, 2.24) is 29.7 Å². The van der Waals surface area contributed by atoms with Gasteiger partial charge < -0.3 is 11.1 Å². The Balaban J connectivity index is 1.68. The number of carbonyl (C=O) groups is 1. The second-order valence-electron chi connectivity index (χ2n) is 7.22. The van der Waals surface area contributed by atoms with Crippen LogP contribution >= 0.6 is 0 Å². The van der Waals surface area contributed by atoms with Gasteiger partial charge in [-0.2, -0.15) is 10.1 Å². The van der Waals surface area contributed by atoms with Crippen molar-refractivity contribution in [2.75, 3.05) is 5.73 Å². The van der Waals surface area contributed by atoms with E-state index in [2.05, 4.69) is 20.5 Å². The molecule has 0 radical (unpaired) electrons. The summed E-state index contributed by atoms with van der Waals surface area (Å²) in [6.45, 7) is 4.44. The molecule has 8 nitrogen and oxygen atoms in total. The van der Waals surface area contributed by atoms with Gasteiger partial charge in [0.25, 0.3) is 5.91 Å². The normalized spacial score (nSPS) is 12.2. The molecule has 0 aliphatic heterocycles. The van der Waals surface area contributed by atoms with Crippen molar-refractivity contribution in [3.63, 3.8) is 0 Å². The lowest BCUT2D eigenvalue weighted by atomic mass is 10.1. The highest BCUT2D eigenvalue weighted by atomic mass is 19.1. The second-order valence-corrected chi connectivity index (χ2v) is 7.22. The molecule has 1 atom stereocenters. The first-order chi connectivity index (χ1) is 14.4. The van der Waals surface area contributed by atoms with Crippen molar-refractivity contribution in [1.29, 1.82) is 0 Å². The zero-order valence-corrected chi connectivity index (χ0v) is 16.7. The van der Waals surface area contributed by atoms with E-state index in [1.54, 1.807) is 35.3 Å². The van der Waals surface area contributed by atoms with E-state index in [1.807, 2.05) is 20.0 Å². The van der Waals surface area contributed by atoms with Gasteiger partial charge in [0.1, 0.15) is 5.82 Å². The fourth-order valence-electron chi connectivity index (χ4n) is 3.11. The van der Waals surface area contributed by atoms with Gasteiger partial charge in [-0.05, 0) is 37.1 Å². The van der Waals surface area contributed by atoms with Crippen LogP contribution in [-0.4, -0.2) is 36.3 Å². The van der Waals surface area contributed by atoms with Crippen LogP contribution < -0.4 is 11.1 Å². The molecule has 0 saturated carbocycles. The molecule has 0 fully saturated rings. The Labute approximate surface area is 172 Å². The molecule has 0 unspecified atom stereocenters. The number of nitrogens with two attached hydrogens (primary N) is 1. The molecule has 4 rings (SSSR count). The van der Waals surface area contributed by atoms with Crippen LogP contribution in [0, 0.1) is 5.82 Å². The van der Waals surface area contributed by atoms with Crippen molar-refractivity contribution in [3.8, 4) is 11.1 Å². The quantitative estimate of drug-likeness (QED) is 0.512. The number of halogens is 1. The van der Waals surface area contributed by atoms with E-state index in [4.69, 9.17) is 5.73 Å². The molecular weight excluding hydrogens is 385 g/mol. The Morgan fingerprint density at radius 2 is 2.00 bits per heavy atom. The zero-order valence-electron chi connectivity index (χ0n) is 16.7. The van der Waals surface area contributed by atoms with E-state index in [9.17, 15) is 9.18 Å². The van der Waals surface area contributed by atoms with Crippen LogP contribution in [0.3, 0.4) is 0 Å². The topological polar surface area (TPSA) is 103 Å². The standard InChI is InChI=1S/C21H22FN7O/c1-3-13(2)25-20(30)18-8-15(12-29-19(18)26-21(23)27-29)16-9-24-28(11-16)10-14-4-6-17(22)7-5-14/h4-9,11-13H,3,10H2,1-2H3,(H2,23,27)(H,25,30)/t13-/m0/s1. The fourth-order valence-corrected chi connectivity index (χ4v) is 3.11. The third-order valence-electron chi connectivity index (χ3n) is 4.91. The number of benzene rings is 1. The van der Waals surface area contributed by atoms with E-state index in [0.29, 0.717) is 17.8 Å². The fraction of sp³-hybridized carbons (Fsp3) is 0.238. The van der Waals surface area contributed by atoms with Crippen LogP contribution in [0.25, 0.3) is 16.8 Å². The maximum absolute atomic E-state index is 13.1. The molecule has 4 aromatic rings. The number of hydrogen-bond acceptors (Lipinski definition) is 5. The molecular formula is C21H22FN7O. The minimum Gasteiger partial charge on any atom is -0.366 e. The summed E-state index contributed by atoms with van der Waals surface area (Å²) in [5.74, 6) is -0.414. The Morgan fingerprint density at radius 1 is 1.23 bits per heavy atom. The number of nitrogens with zero attached hydrogens (tertiary/aromatic N) is 5. The van der Waals surface area contributed by atoms with Gasteiger partial charge in [0.2, 0.25) is 5.95 Å². The monoisotopic (exact) mass is 407 g/mol. The maximum atomic E-state index is 13.1. The molecule has 9 heteroatoms. The first-order valence-electron chi connectivity index (χ1n) is 9.67. The number of fused-ring (bicyclic) bond motifs is 1. The number of carbonyl (C=O) groups excluding carboxylic acids is 1. The number of pyridine rings is 1. The number of aromatic nitrogens is 5. The van der Waals surface area contributed by atoms with E-state index in [1.165, 1.54) is 16.6 Å². The number of hydrogen-bond donors (Lipinski definition) is 2. The van der Waals surface area contributed by atoms with Crippen LogP contribution in [0.15, 0.2) is 48.9 Å². The Kier molecular flexibility index (Phi) is 5.18. The van der Waals surface area contributed by atoms with Crippen LogP contribution in [0.2, 0.25) is 0 Å². The minimum atomic E-state index is -0.275. The number of nitrogens with one attached hydrogen (secondary N) is 1. The molecule has 3 heterocycles. The van der Waals surface area contributed by atoms with E-state index >= 15 is 0 Å². The average molecular weight is 407 g/mol. The van der Waals surface area contributed by atoms with Gasteiger partial charge in [0, 0.05) is 29.6 Å². The van der Waals surface area contributed by atoms with Crippen molar-refractivity contribution in [2.24, 2.45) is 0 Å². The minimum absolute atomic E-state index is 0.0277. The van der Waals surface area contributed by atoms with Gasteiger partial charge in [-0.3, -0.25) is 9.48 Å². The smallest absolute Gasteiger partial charge is 0.255 e. The van der Waals surface area contributed by atoms with Gasteiger partial charge in [0.05, 0.1) is 18.3 Å². The highest BCUT2D eigenvalue weighted by molar-refractivity contribution is 6.01. The summed E-state index contributed by atoms with van der Waals surface area (Å²) in [5.41, 5.74) is 9.05. The van der Waals surface area contributed by atoms with Gasteiger partial charge in [-0.15, -0.1) is 5.10 Å². The Hall–Kier alpha value is -3.75. The van der Waals surface area contributed by atoms with Crippen molar-refractivity contribution in [3.05, 3.63) is 65.9 Å². The number of anilines is 1. The first kappa shape index (κ1) is 19.6. The average Bonchev–Trinajstić information content (AvgIpc) is 3.34. The van der Waals surface area contributed by atoms with Crippen LogP contribution in [0.4, 0.5) is 10.3 Å². The largest absolute Gasteiger partial charge is 0.366 e. The number of nitrogen functional groups attached to an aromatic ring is 1. The SMILES string of the molecule is CC[C@H](C)NC(=O)c1cc(-c2cnn(Cc3ccc(F)cc3)c2)cn2nc(N)nc12. The summed E-state index contributed by atoms with van der Waals surface area (Å²) in [6, 6.07) is 8.08. The highest BCUT2D eigenvalue weighted by Gasteiger charge is 2.18. The molecule has 1 aromatic carbocycles. The molecule has 3 aromatic heterocycles. The van der Waals surface area contributed by atoms with Gasteiger partial charge in [-0.25, -0.2) is 8.91 Å².